The van der Waals surface area contributed by atoms with Crippen molar-refractivity contribution in [2.75, 3.05) is 4.90 Å². The number of amides is 1. The number of benzene rings is 2. The molecule has 0 bridgehead atoms. The molecule has 0 aliphatic carbocycles. The van der Waals surface area contributed by atoms with Crippen LogP contribution in [0.4, 0.5) is 5.13 Å². The van der Waals surface area contributed by atoms with Gasteiger partial charge in [-0.2, -0.15) is 0 Å². The maximum absolute atomic E-state index is 13.5. The highest BCUT2D eigenvalue weighted by molar-refractivity contribution is 9.10. The summed E-state index contributed by atoms with van der Waals surface area (Å²) in [6.07, 6.45) is 0. The molecule has 3 heterocycles. The number of thiazole rings is 1. The van der Waals surface area contributed by atoms with Gasteiger partial charge in [0, 0.05) is 14.4 Å². The molecule has 2 aromatic heterocycles. The molecule has 4 aromatic rings. The van der Waals surface area contributed by atoms with Crippen molar-refractivity contribution < 1.29 is 9.21 Å². The Kier molecular flexibility index (Phi) is 4.57. The number of fused-ring (bicyclic) bond motifs is 2. The van der Waals surface area contributed by atoms with Crippen molar-refractivity contribution >= 4 is 60.9 Å². The first-order valence-electron chi connectivity index (χ1n) is 9.14. The van der Waals surface area contributed by atoms with Crippen LogP contribution in [-0.4, -0.2) is 10.9 Å². The van der Waals surface area contributed by atoms with E-state index in [1.807, 2.05) is 38.1 Å². The molecule has 1 atom stereocenters. The zero-order valence-electron chi connectivity index (χ0n) is 15.9. The summed E-state index contributed by atoms with van der Waals surface area (Å²) in [6.45, 7) is 3.86. The summed E-state index contributed by atoms with van der Waals surface area (Å²) in [5.74, 6) is -0.325. The molecule has 0 fully saturated rings. The van der Waals surface area contributed by atoms with Gasteiger partial charge in [-0.25, -0.2) is 4.98 Å². The van der Waals surface area contributed by atoms with Crippen LogP contribution in [0.15, 0.2) is 56.1 Å². The molecular weight excluding hydrogens is 488 g/mol. The van der Waals surface area contributed by atoms with Gasteiger partial charge in [0.15, 0.2) is 10.6 Å². The van der Waals surface area contributed by atoms with E-state index in [-0.39, 0.29) is 17.1 Å². The van der Waals surface area contributed by atoms with Crippen LogP contribution in [0.25, 0.3) is 11.0 Å². The first kappa shape index (κ1) is 19.5. The molecule has 8 heteroatoms. The van der Waals surface area contributed by atoms with Gasteiger partial charge in [-0.3, -0.25) is 14.5 Å². The predicted molar refractivity (Wildman–Crippen MR) is 122 cm³/mol. The highest BCUT2D eigenvalue weighted by Crippen LogP contribution is 2.43. The number of nitrogens with zero attached hydrogens (tertiary/aromatic N) is 2. The normalized spacial score (nSPS) is 15.8. The molecule has 30 heavy (non-hydrogen) atoms. The van der Waals surface area contributed by atoms with Crippen LogP contribution in [0.3, 0.4) is 0 Å². The average molecular weight is 502 g/mol. The number of aromatic nitrogens is 1. The second-order valence-electron chi connectivity index (χ2n) is 7.08. The number of carbonyl (C=O) groups excluding carboxylic acids is 1. The summed E-state index contributed by atoms with van der Waals surface area (Å²) in [4.78, 5) is 34.1. The van der Waals surface area contributed by atoms with Crippen LogP contribution in [-0.2, 0) is 0 Å². The molecule has 1 unspecified atom stereocenters. The monoisotopic (exact) mass is 500 g/mol. The molecule has 1 amide bonds. The van der Waals surface area contributed by atoms with E-state index < -0.39 is 6.04 Å². The van der Waals surface area contributed by atoms with Crippen molar-refractivity contribution in [3.05, 3.63) is 89.6 Å². The van der Waals surface area contributed by atoms with E-state index in [1.54, 1.807) is 23.1 Å². The summed E-state index contributed by atoms with van der Waals surface area (Å²) in [5.41, 5.74) is 2.03. The third kappa shape index (κ3) is 2.92. The van der Waals surface area contributed by atoms with Crippen LogP contribution >= 0.6 is 38.9 Å². The van der Waals surface area contributed by atoms with Gasteiger partial charge in [0.05, 0.1) is 22.7 Å². The smallest absolute Gasteiger partial charge is 0.297 e. The van der Waals surface area contributed by atoms with Crippen LogP contribution in [0, 0.1) is 13.8 Å². The fraction of sp³-hybridized carbons (Fsp3) is 0.136. The first-order chi connectivity index (χ1) is 14.3. The summed E-state index contributed by atoms with van der Waals surface area (Å²) in [6, 6.07) is 11.7. The van der Waals surface area contributed by atoms with E-state index in [0.717, 1.165) is 20.6 Å². The van der Waals surface area contributed by atoms with Gasteiger partial charge in [0.25, 0.3) is 5.91 Å². The molecular formula is C22H14BrClN2O3S. The molecule has 150 valence electrons. The molecule has 2 aromatic carbocycles. The zero-order chi connectivity index (χ0) is 21.2. The van der Waals surface area contributed by atoms with Crippen LogP contribution < -0.4 is 10.3 Å². The lowest BCUT2D eigenvalue weighted by molar-refractivity contribution is 0.0971. The van der Waals surface area contributed by atoms with Crippen LogP contribution in [0.5, 0.6) is 0 Å². The lowest BCUT2D eigenvalue weighted by Crippen LogP contribution is -2.29. The molecule has 1 aliphatic heterocycles. The van der Waals surface area contributed by atoms with E-state index in [0.29, 0.717) is 26.7 Å². The van der Waals surface area contributed by atoms with Gasteiger partial charge in [-0.15, -0.1) is 11.3 Å². The van der Waals surface area contributed by atoms with E-state index >= 15 is 0 Å². The third-order valence-corrected chi connectivity index (χ3v) is 7.08. The van der Waals surface area contributed by atoms with Gasteiger partial charge in [-0.05, 0) is 49.7 Å². The number of anilines is 1. The van der Waals surface area contributed by atoms with E-state index in [9.17, 15) is 9.59 Å². The Morgan fingerprint density at radius 1 is 1.13 bits per heavy atom. The minimum atomic E-state index is -0.634. The van der Waals surface area contributed by atoms with E-state index in [1.165, 1.54) is 11.3 Å². The minimum absolute atomic E-state index is 0.0493. The second-order valence-corrected chi connectivity index (χ2v) is 9.62. The zero-order valence-corrected chi connectivity index (χ0v) is 19.1. The summed E-state index contributed by atoms with van der Waals surface area (Å²) in [7, 11) is 0. The molecule has 0 spiro atoms. The van der Waals surface area contributed by atoms with Crippen molar-refractivity contribution in [2.24, 2.45) is 0 Å². The fourth-order valence-electron chi connectivity index (χ4n) is 3.66. The molecule has 0 saturated heterocycles. The summed E-state index contributed by atoms with van der Waals surface area (Å²) < 4.78 is 6.84. The minimum Gasteiger partial charge on any atom is -0.450 e. The Bertz CT molecular complexity index is 1370. The molecule has 0 radical (unpaired) electrons. The summed E-state index contributed by atoms with van der Waals surface area (Å²) in [5, 5.41) is 1.32. The predicted octanol–water partition coefficient (Wildman–Crippen LogP) is 6.03. The number of aryl methyl sites for hydroxylation is 2. The highest BCUT2D eigenvalue weighted by atomic mass is 79.9. The lowest BCUT2D eigenvalue weighted by atomic mass is 9.99. The molecule has 5 nitrogen and oxygen atoms in total. The van der Waals surface area contributed by atoms with Gasteiger partial charge in [0.2, 0.25) is 5.76 Å². The Labute approximate surface area is 189 Å². The molecule has 0 saturated carbocycles. The van der Waals surface area contributed by atoms with Crippen molar-refractivity contribution in [1.82, 2.24) is 4.98 Å². The second kappa shape index (κ2) is 7.04. The van der Waals surface area contributed by atoms with E-state index in [4.69, 9.17) is 16.0 Å². The first-order valence-corrected chi connectivity index (χ1v) is 11.1. The SMILES string of the molecule is Cc1nc(N2C(=O)c3oc4ccc(Cl)cc4c(=O)c3C2c2ccc(Br)cc2)sc1C. The summed E-state index contributed by atoms with van der Waals surface area (Å²) >= 11 is 11.0. The fourth-order valence-corrected chi connectivity index (χ4v) is 5.03. The number of hydrogen-bond acceptors (Lipinski definition) is 5. The van der Waals surface area contributed by atoms with Crippen LogP contribution in [0.1, 0.15) is 38.3 Å². The maximum Gasteiger partial charge on any atom is 0.297 e. The topological polar surface area (TPSA) is 63.4 Å². The molecule has 1 aliphatic rings. The maximum atomic E-state index is 13.5. The molecule has 0 N–H and O–H groups in total. The standard InChI is InChI=1S/C22H14BrClN2O3S/c1-10-11(2)30-22(25-10)26-18(12-3-5-13(23)6-4-12)17-19(27)15-9-14(24)7-8-16(15)29-20(17)21(26)28/h3-9,18H,1-2H3. The average Bonchev–Trinajstić information content (AvgIpc) is 3.20. The van der Waals surface area contributed by atoms with Gasteiger partial charge >= 0.3 is 0 Å². The Hall–Kier alpha value is -2.48. The van der Waals surface area contributed by atoms with E-state index in [2.05, 4.69) is 20.9 Å². The number of hydrogen-bond donors (Lipinski definition) is 0. The Morgan fingerprint density at radius 3 is 2.53 bits per heavy atom. The van der Waals surface area contributed by atoms with Gasteiger partial charge < -0.3 is 4.42 Å². The largest absolute Gasteiger partial charge is 0.450 e. The van der Waals surface area contributed by atoms with Crippen molar-refractivity contribution in [1.29, 1.82) is 0 Å². The number of rotatable bonds is 2. The lowest BCUT2D eigenvalue weighted by Gasteiger charge is -2.22. The van der Waals surface area contributed by atoms with Gasteiger partial charge in [0.1, 0.15) is 5.58 Å². The highest BCUT2D eigenvalue weighted by Gasteiger charge is 2.45. The third-order valence-electron chi connectivity index (χ3n) is 5.24. The van der Waals surface area contributed by atoms with Crippen molar-refractivity contribution in [3.8, 4) is 0 Å². The number of carbonyl (C=O) groups is 1. The quantitative estimate of drug-likeness (QED) is 0.336. The Morgan fingerprint density at radius 2 is 1.87 bits per heavy atom. The number of halogens is 2. The van der Waals surface area contributed by atoms with Crippen molar-refractivity contribution in [3.63, 3.8) is 0 Å². The van der Waals surface area contributed by atoms with Crippen LogP contribution in [0.2, 0.25) is 5.02 Å². The van der Waals surface area contributed by atoms with Crippen molar-refractivity contribution in [2.45, 2.75) is 19.9 Å². The van der Waals surface area contributed by atoms with Gasteiger partial charge in [-0.1, -0.05) is 39.7 Å². The Balaban J connectivity index is 1.82. The molecule has 5 rings (SSSR count).